The van der Waals surface area contributed by atoms with Crippen molar-refractivity contribution in [2.24, 2.45) is 0 Å². The molecule has 4 heteroatoms. The summed E-state index contributed by atoms with van der Waals surface area (Å²) >= 11 is 5.70. The zero-order valence-electron chi connectivity index (χ0n) is 8.74. The quantitative estimate of drug-likeness (QED) is 0.748. The minimum atomic E-state index is -0.255. The second-order valence-corrected chi connectivity index (χ2v) is 3.73. The van der Waals surface area contributed by atoms with Crippen molar-refractivity contribution in [3.8, 4) is 11.4 Å². The molecule has 16 heavy (non-hydrogen) atoms. The molecule has 2 aromatic rings. The molecule has 0 aliphatic carbocycles. The zero-order valence-corrected chi connectivity index (χ0v) is 9.50. The summed E-state index contributed by atoms with van der Waals surface area (Å²) in [6, 6.07) is 6.30. The van der Waals surface area contributed by atoms with Crippen molar-refractivity contribution in [1.29, 1.82) is 0 Å². The molecule has 1 aromatic carbocycles. The van der Waals surface area contributed by atoms with Crippen molar-refractivity contribution in [1.82, 2.24) is 9.97 Å². The van der Waals surface area contributed by atoms with Gasteiger partial charge in [-0.3, -0.25) is 0 Å². The molecule has 2 rings (SSSR count). The van der Waals surface area contributed by atoms with Gasteiger partial charge in [0.25, 0.3) is 0 Å². The summed E-state index contributed by atoms with van der Waals surface area (Å²) in [5, 5.41) is 0. The van der Waals surface area contributed by atoms with Crippen LogP contribution >= 0.6 is 11.6 Å². The third-order valence-electron chi connectivity index (χ3n) is 2.28. The van der Waals surface area contributed by atoms with Gasteiger partial charge >= 0.3 is 0 Å². The Bertz CT molecular complexity index is 514. The third kappa shape index (κ3) is 2.19. The van der Waals surface area contributed by atoms with E-state index in [2.05, 4.69) is 9.97 Å². The van der Waals surface area contributed by atoms with E-state index in [-0.39, 0.29) is 5.82 Å². The van der Waals surface area contributed by atoms with Crippen molar-refractivity contribution < 1.29 is 4.39 Å². The first-order chi connectivity index (χ1) is 7.70. The number of benzene rings is 1. The summed E-state index contributed by atoms with van der Waals surface area (Å²) < 4.78 is 12.9. The fraction of sp³-hybridized carbons (Fsp3) is 0.167. The normalized spacial score (nSPS) is 10.4. The molecule has 0 aliphatic heterocycles. The van der Waals surface area contributed by atoms with Crippen LogP contribution in [0.2, 0.25) is 0 Å². The van der Waals surface area contributed by atoms with Crippen molar-refractivity contribution in [3.63, 3.8) is 0 Å². The number of hydrogen-bond donors (Lipinski definition) is 0. The van der Waals surface area contributed by atoms with Gasteiger partial charge in [-0.2, -0.15) is 0 Å². The van der Waals surface area contributed by atoms with Crippen molar-refractivity contribution in [2.75, 3.05) is 0 Å². The van der Waals surface area contributed by atoms with Crippen LogP contribution in [0.3, 0.4) is 0 Å². The molecule has 0 bridgehead atoms. The Morgan fingerprint density at radius 2 is 2.12 bits per heavy atom. The summed E-state index contributed by atoms with van der Waals surface area (Å²) in [6.07, 6.45) is 1.66. The fourth-order valence-electron chi connectivity index (χ4n) is 1.48. The van der Waals surface area contributed by atoms with Gasteiger partial charge in [0.15, 0.2) is 5.82 Å². The van der Waals surface area contributed by atoms with E-state index in [1.54, 1.807) is 18.3 Å². The molecule has 0 saturated carbocycles. The van der Waals surface area contributed by atoms with Gasteiger partial charge in [0.1, 0.15) is 5.82 Å². The van der Waals surface area contributed by atoms with Gasteiger partial charge in [0.2, 0.25) is 0 Å². The van der Waals surface area contributed by atoms with Gasteiger partial charge in [0.05, 0.1) is 11.6 Å². The predicted molar refractivity (Wildman–Crippen MR) is 61.7 cm³/mol. The van der Waals surface area contributed by atoms with Gasteiger partial charge in [-0.15, -0.1) is 11.6 Å². The van der Waals surface area contributed by atoms with E-state index in [0.717, 1.165) is 16.8 Å². The predicted octanol–water partition coefficient (Wildman–Crippen LogP) is 3.33. The number of aromatic nitrogens is 2. The highest BCUT2D eigenvalue weighted by atomic mass is 35.5. The average Bonchev–Trinajstić information content (AvgIpc) is 2.29. The van der Waals surface area contributed by atoms with E-state index in [0.29, 0.717) is 11.7 Å². The lowest BCUT2D eigenvalue weighted by molar-refractivity contribution is 0.627. The highest BCUT2D eigenvalue weighted by molar-refractivity contribution is 6.16. The van der Waals surface area contributed by atoms with Crippen molar-refractivity contribution in [2.45, 2.75) is 12.8 Å². The Kier molecular flexibility index (Phi) is 3.15. The van der Waals surface area contributed by atoms with Crippen LogP contribution in [0, 0.1) is 12.7 Å². The average molecular weight is 237 g/mol. The largest absolute Gasteiger partial charge is 0.237 e. The summed E-state index contributed by atoms with van der Waals surface area (Å²) in [5.74, 6) is 0.667. The van der Waals surface area contributed by atoms with Gasteiger partial charge in [0, 0.05) is 11.8 Å². The molecule has 0 radical (unpaired) electrons. The molecule has 0 aliphatic rings. The van der Waals surface area contributed by atoms with Gasteiger partial charge < -0.3 is 0 Å². The molecule has 0 amide bonds. The first-order valence-electron chi connectivity index (χ1n) is 4.85. The maximum absolute atomic E-state index is 12.9. The van der Waals surface area contributed by atoms with E-state index in [1.807, 2.05) is 6.92 Å². The molecule has 0 N–H and O–H groups in total. The van der Waals surface area contributed by atoms with Crippen molar-refractivity contribution in [3.05, 3.63) is 47.5 Å². The first kappa shape index (κ1) is 11.0. The van der Waals surface area contributed by atoms with E-state index < -0.39 is 0 Å². The van der Waals surface area contributed by atoms with Crippen LogP contribution in [0.5, 0.6) is 0 Å². The Hall–Kier alpha value is -1.48. The van der Waals surface area contributed by atoms with Crippen LogP contribution in [0.25, 0.3) is 11.4 Å². The summed E-state index contributed by atoms with van der Waals surface area (Å²) in [4.78, 5) is 8.44. The minimum Gasteiger partial charge on any atom is -0.237 e. The van der Waals surface area contributed by atoms with Gasteiger partial charge in [-0.1, -0.05) is 0 Å². The molecule has 1 heterocycles. The monoisotopic (exact) mass is 236 g/mol. The molecular formula is C12H10ClFN2. The van der Waals surface area contributed by atoms with Crippen LogP contribution in [0.15, 0.2) is 30.5 Å². The Morgan fingerprint density at radius 3 is 2.81 bits per heavy atom. The van der Waals surface area contributed by atoms with Crippen LogP contribution in [-0.4, -0.2) is 9.97 Å². The standard InChI is InChI=1S/C12H10ClFN2/c1-8-6-9(14)2-3-11(8)12-15-5-4-10(7-13)16-12/h2-6H,7H2,1H3. The van der Waals surface area contributed by atoms with Gasteiger partial charge in [-0.25, -0.2) is 14.4 Å². The number of rotatable bonds is 2. The molecule has 0 saturated heterocycles. The Labute approximate surface area is 98.1 Å². The fourth-order valence-corrected chi connectivity index (χ4v) is 1.63. The van der Waals surface area contributed by atoms with Gasteiger partial charge in [-0.05, 0) is 36.8 Å². The molecule has 2 nitrogen and oxygen atoms in total. The molecule has 0 spiro atoms. The van der Waals surface area contributed by atoms with Crippen molar-refractivity contribution >= 4 is 11.6 Å². The van der Waals surface area contributed by atoms with E-state index in [4.69, 9.17) is 11.6 Å². The third-order valence-corrected chi connectivity index (χ3v) is 2.55. The van der Waals surface area contributed by atoms with E-state index in [1.165, 1.54) is 12.1 Å². The smallest absolute Gasteiger partial charge is 0.159 e. The molecule has 0 atom stereocenters. The summed E-state index contributed by atoms with van der Waals surface area (Å²) in [5.41, 5.74) is 2.40. The maximum atomic E-state index is 12.9. The summed E-state index contributed by atoms with van der Waals surface area (Å²) in [7, 11) is 0. The highest BCUT2D eigenvalue weighted by Gasteiger charge is 2.06. The molecular weight excluding hydrogens is 227 g/mol. The number of aryl methyl sites for hydroxylation is 1. The lowest BCUT2D eigenvalue weighted by atomic mass is 10.1. The minimum absolute atomic E-state index is 0.255. The van der Waals surface area contributed by atoms with Crippen LogP contribution < -0.4 is 0 Å². The second kappa shape index (κ2) is 4.58. The summed E-state index contributed by atoms with van der Waals surface area (Å²) in [6.45, 7) is 1.83. The molecule has 82 valence electrons. The highest BCUT2D eigenvalue weighted by Crippen LogP contribution is 2.20. The Morgan fingerprint density at radius 1 is 1.31 bits per heavy atom. The lowest BCUT2D eigenvalue weighted by Crippen LogP contribution is -1.94. The van der Waals surface area contributed by atoms with Crippen LogP contribution in [-0.2, 0) is 5.88 Å². The first-order valence-corrected chi connectivity index (χ1v) is 5.38. The lowest BCUT2D eigenvalue weighted by Gasteiger charge is -2.05. The topological polar surface area (TPSA) is 25.8 Å². The number of alkyl halides is 1. The Balaban J connectivity index is 2.49. The number of halogens is 2. The molecule has 0 unspecified atom stereocenters. The van der Waals surface area contributed by atoms with E-state index >= 15 is 0 Å². The second-order valence-electron chi connectivity index (χ2n) is 3.46. The van der Waals surface area contributed by atoms with E-state index in [9.17, 15) is 4.39 Å². The zero-order chi connectivity index (χ0) is 11.5. The molecule has 0 fully saturated rings. The van der Waals surface area contributed by atoms with Crippen LogP contribution in [0.4, 0.5) is 4.39 Å². The number of hydrogen-bond acceptors (Lipinski definition) is 2. The molecule has 1 aromatic heterocycles. The SMILES string of the molecule is Cc1cc(F)ccc1-c1nccc(CCl)n1. The number of nitrogens with zero attached hydrogens (tertiary/aromatic N) is 2. The van der Waals surface area contributed by atoms with Crippen LogP contribution in [0.1, 0.15) is 11.3 Å². The maximum Gasteiger partial charge on any atom is 0.159 e.